The molecule has 0 aromatic carbocycles. The molecule has 25 heavy (non-hydrogen) atoms. The smallest absolute Gasteiger partial charge is 0.337 e. The third-order valence-electron chi connectivity index (χ3n) is 5.32. The molecule has 1 atom stereocenters. The lowest BCUT2D eigenvalue weighted by molar-refractivity contribution is 0.114. The van der Waals surface area contributed by atoms with Crippen LogP contribution in [0.3, 0.4) is 0 Å². The van der Waals surface area contributed by atoms with Gasteiger partial charge in [-0.25, -0.2) is 0 Å². The first-order valence-electron chi connectivity index (χ1n) is 11.5. The topological polar surface area (TPSA) is 18.5 Å². The summed E-state index contributed by atoms with van der Waals surface area (Å²) in [5.41, 5.74) is 0. The Bertz CT molecular complexity index is 267. The molecule has 0 aliphatic rings. The summed E-state index contributed by atoms with van der Waals surface area (Å²) >= 11 is 0. The molecule has 0 saturated carbocycles. The van der Waals surface area contributed by atoms with Crippen molar-refractivity contribution in [3.05, 3.63) is 0 Å². The number of unbranched alkanes of at least 4 members (excludes halogenated alkanes) is 10. The first-order chi connectivity index (χ1) is 12.1. The molecule has 0 heterocycles. The zero-order chi connectivity index (χ0) is 18.8. The molecule has 3 heteroatoms. The van der Waals surface area contributed by atoms with Crippen LogP contribution >= 0.6 is 0 Å². The maximum Gasteiger partial charge on any atom is 0.337 e. The molecule has 0 aromatic heterocycles. The Labute approximate surface area is 160 Å². The van der Waals surface area contributed by atoms with Crippen molar-refractivity contribution in [2.45, 2.75) is 136 Å². The Morgan fingerprint density at radius 1 is 0.640 bits per heavy atom. The van der Waals surface area contributed by atoms with Gasteiger partial charge in [-0.1, -0.05) is 98.3 Å². The van der Waals surface area contributed by atoms with E-state index in [1.165, 1.54) is 83.5 Å². The molecular weight excluding hydrogens is 324 g/mol. The van der Waals surface area contributed by atoms with Gasteiger partial charge in [-0.2, -0.15) is 0 Å². The molecule has 1 unspecified atom stereocenters. The molecule has 0 aliphatic heterocycles. The monoisotopic (exact) mass is 372 g/mol. The fourth-order valence-electron chi connectivity index (χ4n) is 3.42. The number of hydrogen-bond donors (Lipinski definition) is 0. The van der Waals surface area contributed by atoms with Gasteiger partial charge in [0.05, 0.1) is 0 Å². The predicted octanol–water partition coefficient (Wildman–Crippen LogP) is 8.00. The molecule has 0 aliphatic carbocycles. The van der Waals surface area contributed by atoms with Gasteiger partial charge in [0.25, 0.3) is 0 Å². The van der Waals surface area contributed by atoms with E-state index in [-0.39, 0.29) is 0 Å². The van der Waals surface area contributed by atoms with E-state index < -0.39 is 8.56 Å². The molecule has 0 bridgehead atoms. The first-order valence-corrected chi connectivity index (χ1v) is 13.7. The van der Waals surface area contributed by atoms with Crippen molar-refractivity contribution >= 4 is 8.56 Å². The number of hydrogen-bond acceptors (Lipinski definition) is 2. The molecule has 0 N–H and O–H groups in total. The quantitative estimate of drug-likeness (QED) is 0.169. The zero-order valence-electron chi connectivity index (χ0n) is 18.2. The van der Waals surface area contributed by atoms with Crippen LogP contribution in [0.25, 0.3) is 0 Å². The number of rotatable bonds is 19. The summed E-state index contributed by atoms with van der Waals surface area (Å²) in [6.45, 7) is 12.2. The first kappa shape index (κ1) is 25.1. The van der Waals surface area contributed by atoms with Crippen LogP contribution in [0.4, 0.5) is 0 Å². The SMILES string of the molecule is CCCCCCCCCCCCO[Si](CC)(CC)OC(C)CCCC. The normalized spacial score (nSPS) is 13.3. The highest BCUT2D eigenvalue weighted by Gasteiger charge is 2.35. The van der Waals surface area contributed by atoms with Crippen molar-refractivity contribution in [3.8, 4) is 0 Å². The van der Waals surface area contributed by atoms with E-state index in [9.17, 15) is 0 Å². The molecule has 0 fully saturated rings. The van der Waals surface area contributed by atoms with E-state index in [0.29, 0.717) is 6.10 Å². The van der Waals surface area contributed by atoms with E-state index in [1.807, 2.05) is 0 Å². The average molecular weight is 373 g/mol. The van der Waals surface area contributed by atoms with Gasteiger partial charge in [-0.05, 0) is 31.9 Å². The lowest BCUT2D eigenvalue weighted by Crippen LogP contribution is -2.43. The highest BCUT2D eigenvalue weighted by Crippen LogP contribution is 2.23. The van der Waals surface area contributed by atoms with E-state index in [4.69, 9.17) is 8.85 Å². The van der Waals surface area contributed by atoms with Crippen molar-refractivity contribution in [1.29, 1.82) is 0 Å². The minimum absolute atomic E-state index is 0.360. The van der Waals surface area contributed by atoms with Gasteiger partial charge in [-0.3, -0.25) is 0 Å². The highest BCUT2D eigenvalue weighted by atomic mass is 28.4. The van der Waals surface area contributed by atoms with Crippen LogP contribution in [0, 0.1) is 0 Å². The predicted molar refractivity (Wildman–Crippen MR) is 115 cm³/mol. The summed E-state index contributed by atoms with van der Waals surface area (Å²) < 4.78 is 12.8. The molecule has 0 amide bonds. The van der Waals surface area contributed by atoms with Gasteiger partial charge in [0.15, 0.2) is 0 Å². The maximum absolute atomic E-state index is 6.45. The van der Waals surface area contributed by atoms with Gasteiger partial charge in [0, 0.05) is 12.7 Å². The molecule has 0 radical (unpaired) electrons. The van der Waals surface area contributed by atoms with Crippen molar-refractivity contribution in [2.75, 3.05) is 6.61 Å². The molecule has 0 saturated heterocycles. The third kappa shape index (κ3) is 13.9. The molecular formula is C22H48O2Si. The summed E-state index contributed by atoms with van der Waals surface area (Å²) in [5, 5.41) is 0. The Morgan fingerprint density at radius 2 is 1.12 bits per heavy atom. The van der Waals surface area contributed by atoms with Crippen LogP contribution in [0.2, 0.25) is 12.1 Å². The van der Waals surface area contributed by atoms with Gasteiger partial charge in [0.1, 0.15) is 0 Å². The van der Waals surface area contributed by atoms with Crippen molar-refractivity contribution in [3.63, 3.8) is 0 Å². The van der Waals surface area contributed by atoms with Gasteiger partial charge >= 0.3 is 8.56 Å². The molecule has 0 rings (SSSR count). The summed E-state index contributed by atoms with van der Waals surface area (Å²) in [6.07, 6.45) is 17.8. The van der Waals surface area contributed by atoms with Crippen LogP contribution in [0.15, 0.2) is 0 Å². The Hall–Kier alpha value is 0.137. The largest absolute Gasteiger partial charge is 0.394 e. The summed E-state index contributed by atoms with van der Waals surface area (Å²) in [4.78, 5) is 0. The van der Waals surface area contributed by atoms with Gasteiger partial charge in [0.2, 0.25) is 0 Å². The second-order valence-electron chi connectivity index (χ2n) is 7.72. The standard InChI is InChI=1S/C22H48O2Si/c1-6-10-12-13-14-15-16-17-18-19-21-23-25(8-3,9-4)24-22(5)20-11-7-2/h22H,6-21H2,1-5H3. The van der Waals surface area contributed by atoms with Crippen LogP contribution in [-0.2, 0) is 8.85 Å². The Balaban J connectivity index is 3.75. The third-order valence-corrected chi connectivity index (χ3v) is 9.04. The van der Waals surface area contributed by atoms with Crippen LogP contribution < -0.4 is 0 Å². The fraction of sp³-hybridized carbons (Fsp3) is 1.00. The Morgan fingerprint density at radius 3 is 1.60 bits per heavy atom. The summed E-state index contributed by atoms with van der Waals surface area (Å²) in [5.74, 6) is 0. The van der Waals surface area contributed by atoms with Crippen molar-refractivity contribution < 1.29 is 8.85 Å². The molecule has 0 spiro atoms. The molecule has 0 aromatic rings. The lowest BCUT2D eigenvalue weighted by atomic mass is 10.1. The Kier molecular flexibility index (Phi) is 17.6. The van der Waals surface area contributed by atoms with Crippen molar-refractivity contribution in [1.82, 2.24) is 0 Å². The molecule has 152 valence electrons. The fourth-order valence-corrected chi connectivity index (χ4v) is 6.10. The second-order valence-corrected chi connectivity index (χ2v) is 11.5. The highest BCUT2D eigenvalue weighted by molar-refractivity contribution is 6.67. The minimum atomic E-state index is -1.95. The van der Waals surface area contributed by atoms with Gasteiger partial charge in [-0.15, -0.1) is 0 Å². The second kappa shape index (κ2) is 17.5. The average Bonchev–Trinajstić information content (AvgIpc) is 2.63. The van der Waals surface area contributed by atoms with Crippen molar-refractivity contribution in [2.24, 2.45) is 0 Å². The van der Waals surface area contributed by atoms with E-state index in [2.05, 4.69) is 34.6 Å². The van der Waals surface area contributed by atoms with Crippen LogP contribution in [0.5, 0.6) is 0 Å². The zero-order valence-corrected chi connectivity index (χ0v) is 19.2. The minimum Gasteiger partial charge on any atom is -0.394 e. The van der Waals surface area contributed by atoms with E-state index >= 15 is 0 Å². The summed E-state index contributed by atoms with van der Waals surface area (Å²) in [6, 6.07) is 2.16. The van der Waals surface area contributed by atoms with E-state index in [1.54, 1.807) is 0 Å². The summed E-state index contributed by atoms with van der Waals surface area (Å²) in [7, 11) is -1.95. The lowest BCUT2D eigenvalue weighted by Gasteiger charge is -2.32. The van der Waals surface area contributed by atoms with Gasteiger partial charge < -0.3 is 8.85 Å². The van der Waals surface area contributed by atoms with Crippen LogP contribution in [-0.4, -0.2) is 21.3 Å². The van der Waals surface area contributed by atoms with E-state index in [0.717, 1.165) is 18.7 Å². The molecule has 2 nitrogen and oxygen atoms in total. The van der Waals surface area contributed by atoms with Crippen LogP contribution in [0.1, 0.15) is 118 Å². The maximum atomic E-state index is 6.45.